The van der Waals surface area contributed by atoms with Gasteiger partial charge in [0.2, 0.25) is 5.91 Å². The molecule has 1 aliphatic rings. The van der Waals surface area contributed by atoms with E-state index in [2.05, 4.69) is 6.92 Å². The predicted molar refractivity (Wildman–Crippen MR) is 103 cm³/mol. The fraction of sp³-hybridized carbons (Fsp3) is 0.300. The minimum absolute atomic E-state index is 0.0475. The molecule has 136 valence electrons. The van der Waals surface area contributed by atoms with Crippen LogP contribution in [0.2, 0.25) is 5.02 Å². The van der Waals surface area contributed by atoms with Gasteiger partial charge in [-0.05, 0) is 36.8 Å². The molecule has 0 aromatic heterocycles. The second-order valence-electron chi connectivity index (χ2n) is 6.12. The van der Waals surface area contributed by atoms with Crippen LogP contribution in [0.15, 0.2) is 48.5 Å². The van der Waals surface area contributed by atoms with Crippen LogP contribution in [0.1, 0.15) is 19.8 Å². The number of hydrogen-bond acceptors (Lipinski definition) is 3. The summed E-state index contributed by atoms with van der Waals surface area (Å²) in [6, 6.07) is 14.6. The molecule has 2 amide bonds. The van der Waals surface area contributed by atoms with Crippen LogP contribution >= 0.6 is 11.6 Å². The molecule has 0 fully saturated rings. The maximum atomic E-state index is 13.0. The number of carbonyl (C=O) groups is 2. The van der Waals surface area contributed by atoms with E-state index in [-0.39, 0.29) is 25.0 Å². The molecular weight excluding hydrogens is 352 g/mol. The molecule has 6 heteroatoms. The number of ether oxygens (including phenoxy) is 1. The van der Waals surface area contributed by atoms with Gasteiger partial charge in [0, 0.05) is 17.3 Å². The SMILES string of the molecule is CCCCN(C(=O)CN1C(=O)COc2ccc(Cl)cc21)c1ccccc1. The van der Waals surface area contributed by atoms with Gasteiger partial charge in [-0.3, -0.25) is 14.5 Å². The zero-order valence-corrected chi connectivity index (χ0v) is 15.4. The first kappa shape index (κ1) is 18.3. The smallest absolute Gasteiger partial charge is 0.265 e. The van der Waals surface area contributed by atoms with Gasteiger partial charge in [-0.25, -0.2) is 0 Å². The maximum absolute atomic E-state index is 13.0. The van der Waals surface area contributed by atoms with Gasteiger partial charge in [-0.15, -0.1) is 0 Å². The van der Waals surface area contributed by atoms with E-state index < -0.39 is 0 Å². The highest BCUT2D eigenvalue weighted by atomic mass is 35.5. The fourth-order valence-electron chi connectivity index (χ4n) is 2.89. The van der Waals surface area contributed by atoms with Crippen molar-refractivity contribution in [2.24, 2.45) is 0 Å². The van der Waals surface area contributed by atoms with Crippen LogP contribution in [0.5, 0.6) is 5.75 Å². The molecule has 26 heavy (non-hydrogen) atoms. The number of amides is 2. The molecule has 0 aliphatic carbocycles. The number of anilines is 2. The number of hydrogen-bond donors (Lipinski definition) is 0. The summed E-state index contributed by atoms with van der Waals surface area (Å²) in [5.41, 5.74) is 1.36. The average Bonchev–Trinajstić information content (AvgIpc) is 2.65. The van der Waals surface area contributed by atoms with E-state index >= 15 is 0 Å². The van der Waals surface area contributed by atoms with E-state index in [1.165, 1.54) is 4.90 Å². The first-order chi connectivity index (χ1) is 12.6. The molecule has 5 nitrogen and oxygen atoms in total. The number of unbranched alkanes of at least 4 members (excludes halogenated alkanes) is 1. The summed E-state index contributed by atoms with van der Waals surface area (Å²) in [5.74, 6) is 0.170. The Balaban J connectivity index is 1.85. The molecule has 3 rings (SSSR count). The number of rotatable bonds is 6. The van der Waals surface area contributed by atoms with Crippen molar-refractivity contribution in [2.75, 3.05) is 29.5 Å². The Kier molecular flexibility index (Phi) is 5.78. The van der Waals surface area contributed by atoms with Crippen molar-refractivity contribution in [3.63, 3.8) is 0 Å². The molecule has 1 heterocycles. The molecule has 0 saturated heterocycles. The summed E-state index contributed by atoms with van der Waals surface area (Å²) in [5, 5.41) is 0.491. The van der Waals surface area contributed by atoms with Crippen LogP contribution in [-0.2, 0) is 9.59 Å². The highest BCUT2D eigenvalue weighted by Crippen LogP contribution is 2.34. The quantitative estimate of drug-likeness (QED) is 0.772. The van der Waals surface area contributed by atoms with Crippen LogP contribution in [-0.4, -0.2) is 31.5 Å². The number of fused-ring (bicyclic) bond motifs is 1. The minimum atomic E-state index is -0.253. The van der Waals surface area contributed by atoms with Crippen molar-refractivity contribution < 1.29 is 14.3 Å². The third kappa shape index (κ3) is 3.99. The molecule has 2 aromatic rings. The van der Waals surface area contributed by atoms with Crippen molar-refractivity contribution in [1.82, 2.24) is 0 Å². The van der Waals surface area contributed by atoms with Gasteiger partial charge in [0.25, 0.3) is 5.91 Å². The first-order valence-electron chi connectivity index (χ1n) is 8.68. The minimum Gasteiger partial charge on any atom is -0.482 e. The normalized spacial score (nSPS) is 13.2. The molecule has 1 aliphatic heterocycles. The van der Waals surface area contributed by atoms with E-state index in [0.29, 0.717) is 23.0 Å². The lowest BCUT2D eigenvalue weighted by Gasteiger charge is -2.31. The Morgan fingerprint density at radius 2 is 2.00 bits per heavy atom. The molecule has 0 radical (unpaired) electrons. The van der Waals surface area contributed by atoms with Crippen molar-refractivity contribution >= 4 is 34.8 Å². The number of benzene rings is 2. The monoisotopic (exact) mass is 372 g/mol. The molecule has 0 bridgehead atoms. The van der Waals surface area contributed by atoms with Gasteiger partial charge < -0.3 is 9.64 Å². The largest absolute Gasteiger partial charge is 0.482 e. The van der Waals surface area contributed by atoms with Gasteiger partial charge >= 0.3 is 0 Å². The molecule has 0 N–H and O–H groups in total. The van der Waals surface area contributed by atoms with E-state index in [0.717, 1.165) is 18.5 Å². The number of halogens is 1. The summed E-state index contributed by atoms with van der Waals surface area (Å²) in [7, 11) is 0. The average molecular weight is 373 g/mol. The van der Waals surface area contributed by atoms with Crippen LogP contribution in [0.3, 0.4) is 0 Å². The summed E-state index contributed by atoms with van der Waals surface area (Å²) >= 11 is 6.06. The van der Waals surface area contributed by atoms with Gasteiger partial charge in [0.15, 0.2) is 6.61 Å². The van der Waals surface area contributed by atoms with Gasteiger partial charge in [-0.2, -0.15) is 0 Å². The first-order valence-corrected chi connectivity index (χ1v) is 9.06. The van der Waals surface area contributed by atoms with Crippen molar-refractivity contribution in [1.29, 1.82) is 0 Å². The number of carbonyl (C=O) groups excluding carboxylic acids is 2. The Bertz CT molecular complexity index is 795. The molecule has 2 aromatic carbocycles. The van der Waals surface area contributed by atoms with E-state index in [1.54, 1.807) is 23.1 Å². The summed E-state index contributed by atoms with van der Waals surface area (Å²) in [4.78, 5) is 28.6. The van der Waals surface area contributed by atoms with Crippen LogP contribution in [0.25, 0.3) is 0 Å². The predicted octanol–water partition coefficient (Wildman–Crippen LogP) is 3.90. The van der Waals surface area contributed by atoms with Crippen LogP contribution in [0.4, 0.5) is 11.4 Å². The second kappa shape index (κ2) is 8.23. The lowest BCUT2D eigenvalue weighted by Crippen LogP contribution is -2.46. The van der Waals surface area contributed by atoms with Crippen LogP contribution in [0, 0.1) is 0 Å². The molecule has 0 atom stereocenters. The Labute approximate surface area is 158 Å². The molecular formula is C20H21ClN2O3. The maximum Gasteiger partial charge on any atom is 0.265 e. The zero-order valence-electron chi connectivity index (χ0n) is 14.7. The van der Waals surface area contributed by atoms with E-state index in [9.17, 15) is 9.59 Å². The third-order valence-corrected chi connectivity index (χ3v) is 4.50. The summed E-state index contributed by atoms with van der Waals surface area (Å²) in [6.45, 7) is 2.56. The fourth-order valence-corrected chi connectivity index (χ4v) is 3.06. The van der Waals surface area contributed by atoms with E-state index in [1.807, 2.05) is 30.3 Å². The zero-order chi connectivity index (χ0) is 18.5. The van der Waals surface area contributed by atoms with Crippen molar-refractivity contribution in [3.05, 3.63) is 53.6 Å². The number of nitrogens with zero attached hydrogens (tertiary/aromatic N) is 2. The van der Waals surface area contributed by atoms with Gasteiger partial charge in [0.1, 0.15) is 12.3 Å². The second-order valence-corrected chi connectivity index (χ2v) is 6.55. The van der Waals surface area contributed by atoms with Crippen molar-refractivity contribution in [2.45, 2.75) is 19.8 Å². The molecule has 0 saturated carbocycles. The Morgan fingerprint density at radius 1 is 1.23 bits per heavy atom. The van der Waals surface area contributed by atoms with Crippen molar-refractivity contribution in [3.8, 4) is 5.75 Å². The Morgan fingerprint density at radius 3 is 2.73 bits per heavy atom. The summed E-state index contributed by atoms with van der Waals surface area (Å²) in [6.07, 6.45) is 1.87. The number of para-hydroxylation sites is 1. The lowest BCUT2D eigenvalue weighted by atomic mass is 10.2. The highest BCUT2D eigenvalue weighted by Gasteiger charge is 2.29. The van der Waals surface area contributed by atoms with Crippen LogP contribution < -0.4 is 14.5 Å². The highest BCUT2D eigenvalue weighted by molar-refractivity contribution is 6.31. The third-order valence-electron chi connectivity index (χ3n) is 4.26. The topological polar surface area (TPSA) is 49.9 Å². The van der Waals surface area contributed by atoms with Gasteiger partial charge in [0.05, 0.1) is 5.69 Å². The summed E-state index contributed by atoms with van der Waals surface area (Å²) < 4.78 is 5.44. The molecule has 0 unspecified atom stereocenters. The van der Waals surface area contributed by atoms with E-state index in [4.69, 9.17) is 16.3 Å². The Hall–Kier alpha value is -2.53. The standard InChI is InChI=1S/C20H21ClN2O3/c1-2-3-11-22(16-7-5-4-6-8-16)19(24)13-23-17-12-15(21)9-10-18(17)26-14-20(23)25/h4-10,12H,2-3,11,13-14H2,1H3. The molecule has 0 spiro atoms. The lowest BCUT2D eigenvalue weighted by molar-refractivity contribution is -0.124. The van der Waals surface area contributed by atoms with Gasteiger partial charge in [-0.1, -0.05) is 43.1 Å².